The summed E-state index contributed by atoms with van der Waals surface area (Å²) in [5.41, 5.74) is 1.06. The van der Waals surface area contributed by atoms with Crippen LogP contribution in [0.1, 0.15) is 53.4 Å². The van der Waals surface area contributed by atoms with Crippen LogP contribution in [0.15, 0.2) is 11.1 Å². The second-order valence-corrected chi connectivity index (χ2v) is 6.44. The first-order valence-electron chi connectivity index (χ1n) is 6.70. The number of nitrogens with zero attached hydrogens (tertiary/aromatic N) is 1. The molecule has 0 N–H and O–H groups in total. The van der Waals surface area contributed by atoms with Crippen molar-refractivity contribution in [2.24, 2.45) is 0 Å². The van der Waals surface area contributed by atoms with Gasteiger partial charge in [-0.1, -0.05) is 13.3 Å². The van der Waals surface area contributed by atoms with Crippen molar-refractivity contribution in [1.29, 1.82) is 0 Å². The van der Waals surface area contributed by atoms with E-state index in [9.17, 15) is 4.79 Å². The van der Waals surface area contributed by atoms with E-state index in [0.717, 1.165) is 25.3 Å². The number of rotatable bonds is 6. The minimum atomic E-state index is -0.367. The fraction of sp³-hybridized carbons (Fsp3) is 0.786. The van der Waals surface area contributed by atoms with E-state index in [0.29, 0.717) is 6.42 Å². The first-order valence-corrected chi connectivity index (χ1v) is 7.74. The molecule has 0 unspecified atom stereocenters. The van der Waals surface area contributed by atoms with Crippen LogP contribution in [-0.4, -0.2) is 28.9 Å². The normalized spacial score (nSPS) is 15.8. The molecule has 1 rings (SSSR count). The van der Waals surface area contributed by atoms with E-state index in [1.807, 2.05) is 32.5 Å². The number of hydrogen-bond acceptors (Lipinski definition) is 4. The Morgan fingerprint density at radius 2 is 2.22 bits per heavy atom. The predicted octanol–water partition coefficient (Wildman–Crippen LogP) is 3.76. The molecule has 0 amide bonds. The van der Waals surface area contributed by atoms with Gasteiger partial charge in [-0.25, -0.2) is 0 Å². The third-order valence-corrected chi connectivity index (χ3v) is 3.49. The zero-order valence-corrected chi connectivity index (χ0v) is 12.8. The van der Waals surface area contributed by atoms with Gasteiger partial charge >= 0.3 is 5.97 Å². The van der Waals surface area contributed by atoms with Gasteiger partial charge in [0, 0.05) is 18.7 Å². The van der Waals surface area contributed by atoms with Crippen LogP contribution < -0.4 is 0 Å². The summed E-state index contributed by atoms with van der Waals surface area (Å²) in [6.07, 6.45) is 3.70. The maximum Gasteiger partial charge on any atom is 0.306 e. The molecule has 0 spiro atoms. The molecule has 1 heterocycles. The monoisotopic (exact) mass is 271 g/mol. The summed E-state index contributed by atoms with van der Waals surface area (Å²) in [6, 6.07) is 0. The molecule has 1 aliphatic heterocycles. The van der Waals surface area contributed by atoms with Gasteiger partial charge in [-0.15, -0.1) is 11.8 Å². The lowest BCUT2D eigenvalue weighted by atomic mass is 10.2. The molecule has 0 aliphatic carbocycles. The number of thioether (sulfide) groups is 1. The predicted molar refractivity (Wildman–Crippen MR) is 77.2 cm³/mol. The highest BCUT2D eigenvalue weighted by molar-refractivity contribution is 8.02. The van der Waals surface area contributed by atoms with E-state index in [2.05, 4.69) is 17.2 Å². The van der Waals surface area contributed by atoms with Crippen molar-refractivity contribution in [3.63, 3.8) is 0 Å². The van der Waals surface area contributed by atoms with E-state index in [1.54, 1.807) is 0 Å². The molecule has 1 aliphatic rings. The lowest BCUT2D eigenvalue weighted by Gasteiger charge is -2.22. The fourth-order valence-electron chi connectivity index (χ4n) is 1.87. The van der Waals surface area contributed by atoms with Crippen molar-refractivity contribution in [3.8, 4) is 0 Å². The molecular weight excluding hydrogens is 246 g/mol. The summed E-state index contributed by atoms with van der Waals surface area (Å²) in [6.45, 7) is 8.87. The zero-order chi connectivity index (χ0) is 13.6. The van der Waals surface area contributed by atoms with E-state index in [1.165, 1.54) is 12.1 Å². The standard InChI is InChI=1S/C14H25NO2S/c1-5-7-12-10-18-11-15(12)9-6-8-13(16)17-14(2,3)4/h10H,5-9,11H2,1-4H3. The number of carbonyl (C=O) groups excluding carboxylic acids is 1. The second kappa shape index (κ2) is 7.07. The van der Waals surface area contributed by atoms with E-state index < -0.39 is 0 Å². The van der Waals surface area contributed by atoms with Crippen LogP contribution in [0.25, 0.3) is 0 Å². The quantitative estimate of drug-likeness (QED) is 0.688. The molecule has 4 heteroatoms. The largest absolute Gasteiger partial charge is 0.460 e. The Morgan fingerprint density at radius 3 is 2.83 bits per heavy atom. The van der Waals surface area contributed by atoms with Crippen LogP contribution in [-0.2, 0) is 9.53 Å². The number of carbonyl (C=O) groups is 1. The first-order chi connectivity index (χ1) is 8.42. The lowest BCUT2D eigenvalue weighted by molar-refractivity contribution is -0.154. The summed E-state index contributed by atoms with van der Waals surface area (Å²) >= 11 is 1.85. The van der Waals surface area contributed by atoms with Gasteiger partial charge in [0.15, 0.2) is 0 Å². The Balaban J connectivity index is 2.22. The van der Waals surface area contributed by atoms with Crippen LogP contribution in [0, 0.1) is 0 Å². The van der Waals surface area contributed by atoms with E-state index in [4.69, 9.17) is 4.74 Å². The first kappa shape index (κ1) is 15.4. The molecule has 0 aromatic heterocycles. The Hall–Kier alpha value is -0.640. The Kier molecular flexibility index (Phi) is 6.06. The molecule has 104 valence electrons. The van der Waals surface area contributed by atoms with Crippen LogP contribution in [0.5, 0.6) is 0 Å². The van der Waals surface area contributed by atoms with Gasteiger partial charge in [0.25, 0.3) is 0 Å². The molecule has 0 saturated heterocycles. The zero-order valence-electron chi connectivity index (χ0n) is 12.0. The van der Waals surface area contributed by atoms with Gasteiger partial charge in [-0.05, 0) is 39.0 Å². The summed E-state index contributed by atoms with van der Waals surface area (Å²) < 4.78 is 5.30. The van der Waals surface area contributed by atoms with Gasteiger partial charge in [0.2, 0.25) is 0 Å². The highest BCUT2D eigenvalue weighted by atomic mass is 32.2. The lowest BCUT2D eigenvalue weighted by Crippen LogP contribution is -2.25. The third kappa shape index (κ3) is 5.80. The molecule has 0 bridgehead atoms. The molecule has 0 fully saturated rings. The molecule has 0 saturated carbocycles. The molecular formula is C14H25NO2S. The Labute approximate surface area is 115 Å². The minimum absolute atomic E-state index is 0.0876. The SMILES string of the molecule is CCCC1=CSCN1CCCC(=O)OC(C)(C)C. The van der Waals surface area contributed by atoms with Crippen molar-refractivity contribution in [2.75, 3.05) is 12.4 Å². The number of allylic oxidation sites excluding steroid dienone is 1. The van der Waals surface area contributed by atoms with Crippen molar-refractivity contribution < 1.29 is 9.53 Å². The van der Waals surface area contributed by atoms with E-state index in [-0.39, 0.29) is 11.6 Å². The molecule has 18 heavy (non-hydrogen) atoms. The van der Waals surface area contributed by atoms with E-state index >= 15 is 0 Å². The highest BCUT2D eigenvalue weighted by Crippen LogP contribution is 2.26. The molecule has 0 aromatic carbocycles. The summed E-state index contributed by atoms with van der Waals surface area (Å²) in [5.74, 6) is 0.944. The topological polar surface area (TPSA) is 29.5 Å². The molecule has 0 aromatic rings. The van der Waals surface area contributed by atoms with Crippen LogP contribution in [0.4, 0.5) is 0 Å². The van der Waals surface area contributed by atoms with Crippen molar-refractivity contribution in [3.05, 3.63) is 11.1 Å². The minimum Gasteiger partial charge on any atom is -0.460 e. The number of hydrogen-bond donors (Lipinski definition) is 0. The van der Waals surface area contributed by atoms with Gasteiger partial charge in [-0.3, -0.25) is 4.79 Å². The van der Waals surface area contributed by atoms with Crippen molar-refractivity contribution in [2.45, 2.75) is 59.0 Å². The third-order valence-electron chi connectivity index (χ3n) is 2.59. The van der Waals surface area contributed by atoms with Crippen LogP contribution >= 0.6 is 11.8 Å². The number of ether oxygens (including phenoxy) is 1. The fourth-order valence-corrected chi connectivity index (χ4v) is 2.88. The summed E-state index contributed by atoms with van der Waals surface area (Å²) in [5, 5.41) is 2.25. The number of esters is 1. The summed E-state index contributed by atoms with van der Waals surface area (Å²) in [7, 11) is 0. The smallest absolute Gasteiger partial charge is 0.306 e. The Morgan fingerprint density at radius 1 is 1.50 bits per heavy atom. The average molecular weight is 271 g/mol. The van der Waals surface area contributed by atoms with Gasteiger partial charge in [-0.2, -0.15) is 0 Å². The van der Waals surface area contributed by atoms with Gasteiger partial charge in [0.1, 0.15) is 5.60 Å². The van der Waals surface area contributed by atoms with Crippen molar-refractivity contribution >= 4 is 17.7 Å². The molecule has 3 nitrogen and oxygen atoms in total. The van der Waals surface area contributed by atoms with Gasteiger partial charge in [0.05, 0.1) is 5.88 Å². The van der Waals surface area contributed by atoms with Crippen LogP contribution in [0.3, 0.4) is 0 Å². The van der Waals surface area contributed by atoms with Crippen LogP contribution in [0.2, 0.25) is 0 Å². The van der Waals surface area contributed by atoms with Crippen molar-refractivity contribution in [1.82, 2.24) is 4.90 Å². The maximum absolute atomic E-state index is 11.6. The highest BCUT2D eigenvalue weighted by Gasteiger charge is 2.18. The summed E-state index contributed by atoms with van der Waals surface area (Å²) in [4.78, 5) is 14.0. The maximum atomic E-state index is 11.6. The van der Waals surface area contributed by atoms with Gasteiger partial charge < -0.3 is 9.64 Å². The molecule has 0 atom stereocenters. The Bertz CT molecular complexity index is 307. The average Bonchev–Trinajstić information content (AvgIpc) is 2.64. The molecule has 0 radical (unpaired) electrons. The second-order valence-electron chi connectivity index (χ2n) is 5.61.